The smallest absolute Gasteiger partial charge is 0.144 e. The van der Waals surface area contributed by atoms with E-state index in [4.69, 9.17) is 11.6 Å². The summed E-state index contributed by atoms with van der Waals surface area (Å²) >= 11 is 6.41. The zero-order chi connectivity index (χ0) is 17.3. The Kier molecular flexibility index (Phi) is 4.35. The van der Waals surface area contributed by atoms with Crippen molar-refractivity contribution in [2.45, 2.75) is 19.4 Å². The molecule has 2 N–H and O–H groups in total. The van der Waals surface area contributed by atoms with E-state index in [2.05, 4.69) is 0 Å². The van der Waals surface area contributed by atoms with Gasteiger partial charge in [0, 0.05) is 10.6 Å². The van der Waals surface area contributed by atoms with Crippen LogP contribution in [0.2, 0.25) is 5.02 Å². The highest BCUT2D eigenvalue weighted by Crippen LogP contribution is 2.45. The fourth-order valence-electron chi connectivity index (χ4n) is 3.21. The van der Waals surface area contributed by atoms with E-state index in [1.807, 2.05) is 74.5 Å². The number of hydrogen-bond donors (Lipinski definition) is 2. The van der Waals surface area contributed by atoms with Crippen molar-refractivity contribution in [1.29, 1.82) is 0 Å². The number of aryl methyl sites for hydroxylation is 1. The Bertz CT molecular complexity index is 819. The third-order valence-electron chi connectivity index (χ3n) is 4.40. The maximum Gasteiger partial charge on any atom is 0.144 e. The summed E-state index contributed by atoms with van der Waals surface area (Å²) in [6, 6.07) is 20.2. The highest BCUT2D eigenvalue weighted by molar-refractivity contribution is 6.32. The lowest BCUT2D eigenvalue weighted by molar-refractivity contribution is 0.121. The molecular weight excluding hydrogens is 320 g/mol. The Hall–Kier alpha value is -2.29. The number of hydrogen-bond acceptors (Lipinski definition) is 2. The highest BCUT2D eigenvalue weighted by atomic mass is 35.5. The van der Waals surface area contributed by atoms with E-state index in [9.17, 15) is 10.2 Å². The first-order valence-corrected chi connectivity index (χ1v) is 8.16. The quantitative estimate of drug-likeness (QED) is 0.663. The van der Waals surface area contributed by atoms with Gasteiger partial charge in [0.05, 0.1) is 0 Å². The molecule has 0 bridgehead atoms. The Labute approximate surface area is 147 Å². The first-order chi connectivity index (χ1) is 11.5. The first kappa shape index (κ1) is 16.6. The number of benzene rings is 3. The lowest BCUT2D eigenvalue weighted by Crippen LogP contribution is -2.30. The van der Waals surface area contributed by atoms with E-state index in [0.717, 1.165) is 5.56 Å². The highest BCUT2D eigenvalue weighted by Gasteiger charge is 2.38. The summed E-state index contributed by atoms with van der Waals surface area (Å²) < 4.78 is 0. The van der Waals surface area contributed by atoms with Crippen LogP contribution in [0.1, 0.15) is 27.8 Å². The van der Waals surface area contributed by atoms with Gasteiger partial charge in [0.15, 0.2) is 0 Å². The van der Waals surface area contributed by atoms with Crippen molar-refractivity contribution in [2.24, 2.45) is 0 Å². The molecule has 3 aromatic carbocycles. The van der Waals surface area contributed by atoms with Gasteiger partial charge in [-0.1, -0.05) is 72.3 Å². The number of aromatic hydroxyl groups is 1. The van der Waals surface area contributed by atoms with E-state index in [-0.39, 0.29) is 5.75 Å². The van der Waals surface area contributed by atoms with Crippen LogP contribution in [0.4, 0.5) is 0 Å². The van der Waals surface area contributed by atoms with Gasteiger partial charge in [-0.05, 0) is 42.2 Å². The molecule has 0 saturated carbocycles. The van der Waals surface area contributed by atoms with Gasteiger partial charge >= 0.3 is 0 Å². The van der Waals surface area contributed by atoms with Crippen LogP contribution in [-0.2, 0) is 5.60 Å². The molecule has 0 aliphatic heterocycles. The summed E-state index contributed by atoms with van der Waals surface area (Å²) in [5.74, 6) is 0.0320. The largest absolute Gasteiger partial charge is 0.508 e. The number of phenols is 1. The zero-order valence-electron chi connectivity index (χ0n) is 13.6. The average molecular weight is 339 g/mol. The van der Waals surface area contributed by atoms with Gasteiger partial charge in [-0.15, -0.1) is 0 Å². The van der Waals surface area contributed by atoms with E-state index in [1.165, 1.54) is 0 Å². The van der Waals surface area contributed by atoms with Crippen molar-refractivity contribution in [2.75, 3.05) is 0 Å². The standard InChI is InChI=1S/C21H19ClO2/c1-14-13-18(23)19(15(2)20(14)22)21(24,16-9-5-3-6-10-16)17-11-7-4-8-12-17/h3-13,23-24H,1-2H3. The molecule has 3 aromatic rings. The van der Waals surface area contributed by atoms with Crippen molar-refractivity contribution in [3.63, 3.8) is 0 Å². The van der Waals surface area contributed by atoms with Crippen molar-refractivity contribution in [3.05, 3.63) is 99.6 Å². The molecule has 122 valence electrons. The molecular formula is C21H19ClO2. The topological polar surface area (TPSA) is 40.5 Å². The monoisotopic (exact) mass is 338 g/mol. The van der Waals surface area contributed by atoms with Gasteiger partial charge < -0.3 is 10.2 Å². The third-order valence-corrected chi connectivity index (χ3v) is 4.99. The van der Waals surface area contributed by atoms with Crippen LogP contribution in [0, 0.1) is 13.8 Å². The molecule has 2 nitrogen and oxygen atoms in total. The van der Waals surface area contributed by atoms with Crippen LogP contribution in [-0.4, -0.2) is 10.2 Å². The molecule has 0 spiro atoms. The Morgan fingerprint density at radius 3 is 1.75 bits per heavy atom. The van der Waals surface area contributed by atoms with Crippen LogP contribution in [0.25, 0.3) is 0 Å². The molecule has 0 radical (unpaired) electrons. The van der Waals surface area contributed by atoms with Gasteiger partial charge in [0.25, 0.3) is 0 Å². The molecule has 24 heavy (non-hydrogen) atoms. The molecule has 0 saturated heterocycles. The van der Waals surface area contributed by atoms with E-state index >= 15 is 0 Å². The minimum atomic E-state index is -1.49. The number of aliphatic hydroxyl groups is 1. The normalized spacial score (nSPS) is 11.5. The Morgan fingerprint density at radius 2 is 1.29 bits per heavy atom. The predicted octanol–water partition coefficient (Wildman–Crippen LogP) is 4.95. The van der Waals surface area contributed by atoms with Crippen LogP contribution >= 0.6 is 11.6 Å². The summed E-state index contributed by atoms with van der Waals surface area (Å²) in [4.78, 5) is 0. The minimum Gasteiger partial charge on any atom is -0.508 e. The Morgan fingerprint density at radius 1 is 0.833 bits per heavy atom. The van der Waals surface area contributed by atoms with E-state index < -0.39 is 5.60 Å². The van der Waals surface area contributed by atoms with Crippen LogP contribution in [0.15, 0.2) is 66.7 Å². The molecule has 0 aliphatic rings. The summed E-state index contributed by atoms with van der Waals surface area (Å²) in [6.45, 7) is 3.66. The molecule has 0 aliphatic carbocycles. The van der Waals surface area contributed by atoms with E-state index in [0.29, 0.717) is 27.3 Å². The summed E-state index contributed by atoms with van der Waals surface area (Å²) in [6.07, 6.45) is 0. The second-order valence-electron chi connectivity index (χ2n) is 5.97. The second kappa shape index (κ2) is 6.31. The van der Waals surface area contributed by atoms with Crippen molar-refractivity contribution in [1.82, 2.24) is 0 Å². The molecule has 0 fully saturated rings. The summed E-state index contributed by atoms with van der Waals surface area (Å²) in [5.41, 5.74) is 1.72. The van der Waals surface area contributed by atoms with Gasteiger partial charge in [-0.2, -0.15) is 0 Å². The predicted molar refractivity (Wildman–Crippen MR) is 97.6 cm³/mol. The van der Waals surface area contributed by atoms with Crippen LogP contribution < -0.4 is 0 Å². The maximum absolute atomic E-state index is 11.8. The lowest BCUT2D eigenvalue weighted by Gasteiger charge is -2.32. The van der Waals surface area contributed by atoms with Crippen LogP contribution in [0.3, 0.4) is 0 Å². The fraction of sp³-hybridized carbons (Fsp3) is 0.143. The van der Waals surface area contributed by atoms with Crippen LogP contribution in [0.5, 0.6) is 5.75 Å². The molecule has 0 unspecified atom stereocenters. The lowest BCUT2D eigenvalue weighted by atomic mass is 9.77. The minimum absolute atomic E-state index is 0.0320. The number of rotatable bonds is 3. The first-order valence-electron chi connectivity index (χ1n) is 7.78. The number of halogens is 1. The van der Waals surface area contributed by atoms with Crippen molar-refractivity contribution < 1.29 is 10.2 Å². The van der Waals surface area contributed by atoms with Gasteiger partial charge in [0.2, 0.25) is 0 Å². The SMILES string of the molecule is Cc1cc(O)c(C(O)(c2ccccc2)c2ccccc2)c(C)c1Cl. The molecule has 0 aromatic heterocycles. The summed E-state index contributed by atoms with van der Waals surface area (Å²) in [7, 11) is 0. The molecule has 0 atom stereocenters. The molecule has 3 rings (SSSR count). The second-order valence-corrected chi connectivity index (χ2v) is 6.35. The zero-order valence-corrected chi connectivity index (χ0v) is 14.4. The van der Waals surface area contributed by atoms with Crippen molar-refractivity contribution in [3.8, 4) is 5.75 Å². The van der Waals surface area contributed by atoms with E-state index in [1.54, 1.807) is 6.07 Å². The summed E-state index contributed by atoms with van der Waals surface area (Å²) in [5, 5.41) is 23.0. The molecule has 3 heteroatoms. The van der Waals surface area contributed by atoms with Gasteiger partial charge in [-0.3, -0.25) is 0 Å². The van der Waals surface area contributed by atoms with Crippen molar-refractivity contribution >= 4 is 11.6 Å². The number of phenolic OH excluding ortho intramolecular Hbond substituents is 1. The molecule has 0 amide bonds. The average Bonchev–Trinajstić information content (AvgIpc) is 2.61. The third kappa shape index (κ3) is 2.58. The maximum atomic E-state index is 11.8. The van der Waals surface area contributed by atoms with Gasteiger partial charge in [0.1, 0.15) is 11.4 Å². The van der Waals surface area contributed by atoms with Gasteiger partial charge in [-0.25, -0.2) is 0 Å². The Balaban J connectivity index is 2.39. The fourth-order valence-corrected chi connectivity index (χ4v) is 3.36. The molecule has 0 heterocycles.